The largest absolute Gasteiger partial charge is 0.380 e. The fraction of sp³-hybridized carbons (Fsp3) is 0.375. The first-order valence-corrected chi connectivity index (χ1v) is 13.1. The summed E-state index contributed by atoms with van der Waals surface area (Å²) in [7, 11) is -3.31. The van der Waals surface area contributed by atoms with E-state index >= 15 is 0 Å². The Balaban J connectivity index is 1.67. The van der Waals surface area contributed by atoms with Gasteiger partial charge in [0.2, 0.25) is 5.82 Å². The number of imidazole rings is 1. The lowest BCUT2D eigenvalue weighted by Gasteiger charge is -2.44. The lowest BCUT2D eigenvalue weighted by atomic mass is 9.76. The SMILES string of the molecule is Cc1c(F)cccc1C(C)(Nc1cnc(C(=O)N[C@H](C)/C=C/S(C)(=O)=O)n2ccnc12)C1COC1. The Morgan fingerprint density at radius 3 is 2.74 bits per heavy atom. The molecule has 0 aliphatic carbocycles. The predicted molar refractivity (Wildman–Crippen MR) is 130 cm³/mol. The molecule has 9 nitrogen and oxygen atoms in total. The van der Waals surface area contributed by atoms with Crippen LogP contribution in [0.2, 0.25) is 0 Å². The molecule has 0 saturated carbocycles. The second kappa shape index (κ2) is 9.38. The van der Waals surface area contributed by atoms with Crippen LogP contribution in [0.15, 0.2) is 48.3 Å². The van der Waals surface area contributed by atoms with Crippen LogP contribution in [0.3, 0.4) is 0 Å². The number of anilines is 1. The summed E-state index contributed by atoms with van der Waals surface area (Å²) in [5, 5.41) is 7.27. The molecule has 1 aliphatic heterocycles. The third-order valence-electron chi connectivity index (χ3n) is 6.28. The average Bonchev–Trinajstić information content (AvgIpc) is 3.23. The fourth-order valence-electron chi connectivity index (χ4n) is 4.16. The van der Waals surface area contributed by atoms with Gasteiger partial charge in [-0.15, -0.1) is 0 Å². The van der Waals surface area contributed by atoms with E-state index in [9.17, 15) is 17.6 Å². The summed E-state index contributed by atoms with van der Waals surface area (Å²) < 4.78 is 44.1. The van der Waals surface area contributed by atoms with Crippen LogP contribution in [-0.2, 0) is 20.1 Å². The number of benzene rings is 1. The minimum atomic E-state index is -3.31. The second-order valence-corrected chi connectivity index (χ2v) is 10.9. The molecule has 4 rings (SSSR count). The van der Waals surface area contributed by atoms with Gasteiger partial charge in [0.1, 0.15) is 5.82 Å². The van der Waals surface area contributed by atoms with E-state index in [1.54, 1.807) is 36.7 Å². The highest BCUT2D eigenvalue weighted by molar-refractivity contribution is 7.93. The van der Waals surface area contributed by atoms with Gasteiger partial charge >= 0.3 is 0 Å². The number of hydrogen-bond donors (Lipinski definition) is 2. The number of rotatable bonds is 8. The zero-order valence-corrected chi connectivity index (χ0v) is 20.8. The molecule has 0 radical (unpaired) electrons. The standard InChI is InChI=1S/C24H28FN5O4S/c1-15(8-11-35(4,32)33)28-23(31)22-27-12-20(21-26-9-10-30(21)22)29-24(3,17-13-34-14-17)18-6-5-7-19(25)16(18)2/h5-12,15,17,29H,13-14H2,1-4H3,(H,28,31)/b11-8+/t15-,24?/m1/s1. The van der Waals surface area contributed by atoms with Crippen LogP contribution in [-0.4, -0.2) is 54.2 Å². The molecule has 1 aliphatic rings. The van der Waals surface area contributed by atoms with Gasteiger partial charge in [0.05, 0.1) is 30.6 Å². The molecule has 1 unspecified atom stereocenters. The molecular weight excluding hydrogens is 473 g/mol. The molecule has 3 heterocycles. The highest BCUT2D eigenvalue weighted by atomic mass is 32.2. The number of ether oxygens (including phenoxy) is 1. The Hall–Kier alpha value is -3.31. The molecule has 0 spiro atoms. The summed E-state index contributed by atoms with van der Waals surface area (Å²) in [5.74, 6) is -0.589. The van der Waals surface area contributed by atoms with Crippen molar-refractivity contribution in [1.82, 2.24) is 19.7 Å². The van der Waals surface area contributed by atoms with Crippen LogP contribution in [0.4, 0.5) is 10.1 Å². The molecule has 3 aromatic rings. The summed E-state index contributed by atoms with van der Waals surface area (Å²) in [6.45, 7) is 6.46. The van der Waals surface area contributed by atoms with Gasteiger partial charge in [0.25, 0.3) is 5.91 Å². The van der Waals surface area contributed by atoms with Crippen molar-refractivity contribution in [2.45, 2.75) is 32.4 Å². The number of fused-ring (bicyclic) bond motifs is 1. The fourth-order valence-corrected chi connectivity index (χ4v) is 4.68. The number of amides is 1. The van der Waals surface area contributed by atoms with Crippen molar-refractivity contribution < 1.29 is 22.3 Å². The molecule has 1 aromatic carbocycles. The number of halogens is 1. The van der Waals surface area contributed by atoms with Crippen molar-refractivity contribution in [1.29, 1.82) is 0 Å². The molecule has 11 heteroatoms. The van der Waals surface area contributed by atoms with Gasteiger partial charge in [0.15, 0.2) is 15.5 Å². The minimum Gasteiger partial charge on any atom is -0.380 e. The zero-order valence-electron chi connectivity index (χ0n) is 19.9. The van der Waals surface area contributed by atoms with E-state index in [4.69, 9.17) is 4.74 Å². The normalized spacial score (nSPS) is 17.2. The number of hydrogen-bond acceptors (Lipinski definition) is 7. The Morgan fingerprint density at radius 1 is 1.34 bits per heavy atom. The van der Waals surface area contributed by atoms with E-state index in [0.717, 1.165) is 17.2 Å². The highest BCUT2D eigenvalue weighted by Crippen LogP contribution is 2.40. The van der Waals surface area contributed by atoms with Gasteiger partial charge < -0.3 is 15.4 Å². The van der Waals surface area contributed by atoms with E-state index < -0.39 is 27.3 Å². The monoisotopic (exact) mass is 501 g/mol. The minimum absolute atomic E-state index is 0.0865. The quantitative estimate of drug-likeness (QED) is 0.488. The molecular formula is C24H28FN5O4S. The van der Waals surface area contributed by atoms with Crippen LogP contribution in [0, 0.1) is 18.7 Å². The molecule has 1 amide bonds. The first-order valence-electron chi connectivity index (χ1n) is 11.1. The Morgan fingerprint density at radius 2 is 2.09 bits per heavy atom. The predicted octanol–water partition coefficient (Wildman–Crippen LogP) is 2.83. The van der Waals surface area contributed by atoms with Crippen LogP contribution in [0.5, 0.6) is 0 Å². The van der Waals surface area contributed by atoms with Crippen LogP contribution >= 0.6 is 0 Å². The second-order valence-electron chi connectivity index (χ2n) is 9.01. The Kier molecular flexibility index (Phi) is 6.65. The van der Waals surface area contributed by atoms with Crippen molar-refractivity contribution in [3.05, 3.63) is 71.0 Å². The molecule has 0 bridgehead atoms. The number of aromatic nitrogens is 3. The maximum atomic E-state index is 14.4. The summed E-state index contributed by atoms with van der Waals surface area (Å²) in [6.07, 6.45) is 7.18. The van der Waals surface area contributed by atoms with E-state index in [0.29, 0.717) is 30.1 Å². The Bertz CT molecular complexity index is 1400. The lowest BCUT2D eigenvalue weighted by Crippen LogP contribution is -2.50. The number of carbonyl (C=O) groups excluding carboxylic acids is 1. The highest BCUT2D eigenvalue weighted by Gasteiger charge is 2.42. The van der Waals surface area contributed by atoms with Gasteiger partial charge in [-0.3, -0.25) is 9.20 Å². The van der Waals surface area contributed by atoms with Gasteiger partial charge in [-0.25, -0.2) is 22.8 Å². The topological polar surface area (TPSA) is 115 Å². The Labute approximate surface area is 203 Å². The zero-order chi connectivity index (χ0) is 25.4. The third-order valence-corrected chi connectivity index (χ3v) is 6.93. The molecule has 2 N–H and O–H groups in total. The molecule has 2 aromatic heterocycles. The van der Waals surface area contributed by atoms with Gasteiger partial charge in [-0.1, -0.05) is 18.2 Å². The summed E-state index contributed by atoms with van der Waals surface area (Å²) >= 11 is 0. The van der Waals surface area contributed by atoms with Crippen LogP contribution < -0.4 is 10.6 Å². The van der Waals surface area contributed by atoms with Crippen molar-refractivity contribution >= 4 is 27.1 Å². The average molecular weight is 502 g/mol. The van der Waals surface area contributed by atoms with Gasteiger partial charge in [-0.2, -0.15) is 0 Å². The maximum Gasteiger partial charge on any atom is 0.288 e. The van der Waals surface area contributed by atoms with E-state index in [1.165, 1.54) is 18.3 Å². The first-order chi connectivity index (χ1) is 16.5. The number of nitrogens with zero attached hydrogens (tertiary/aromatic N) is 3. The maximum absolute atomic E-state index is 14.4. The number of carbonyl (C=O) groups is 1. The van der Waals surface area contributed by atoms with E-state index in [-0.39, 0.29) is 17.6 Å². The molecule has 35 heavy (non-hydrogen) atoms. The van der Waals surface area contributed by atoms with Crippen molar-refractivity contribution in [3.8, 4) is 0 Å². The summed E-state index contributed by atoms with van der Waals surface area (Å²) in [6, 6.07) is 4.48. The number of nitrogens with one attached hydrogen (secondary N) is 2. The van der Waals surface area contributed by atoms with Crippen LogP contribution in [0.1, 0.15) is 35.6 Å². The molecule has 2 atom stereocenters. The smallest absolute Gasteiger partial charge is 0.288 e. The first kappa shape index (κ1) is 24.8. The summed E-state index contributed by atoms with van der Waals surface area (Å²) in [5.41, 5.74) is 1.74. The van der Waals surface area contributed by atoms with E-state index in [1.807, 2.05) is 13.0 Å². The molecule has 1 fully saturated rings. The lowest BCUT2D eigenvalue weighted by molar-refractivity contribution is -0.0623. The van der Waals surface area contributed by atoms with Crippen LogP contribution in [0.25, 0.3) is 5.65 Å². The van der Waals surface area contributed by atoms with E-state index in [2.05, 4.69) is 20.6 Å². The molecule has 1 saturated heterocycles. The number of sulfone groups is 1. The van der Waals surface area contributed by atoms with Gasteiger partial charge in [0, 0.05) is 36.0 Å². The third kappa shape index (κ3) is 5.06. The van der Waals surface area contributed by atoms with Crippen molar-refractivity contribution in [2.75, 3.05) is 24.8 Å². The summed E-state index contributed by atoms with van der Waals surface area (Å²) in [4.78, 5) is 21.6. The van der Waals surface area contributed by atoms with Crippen molar-refractivity contribution in [2.24, 2.45) is 5.92 Å². The van der Waals surface area contributed by atoms with Gasteiger partial charge in [-0.05, 0) is 38.0 Å². The molecule has 186 valence electrons. The van der Waals surface area contributed by atoms with Crippen molar-refractivity contribution in [3.63, 3.8) is 0 Å².